The highest BCUT2D eigenvalue weighted by atomic mass is 79.9. The van der Waals surface area contributed by atoms with Gasteiger partial charge in [0.1, 0.15) is 0 Å². The fourth-order valence-corrected chi connectivity index (χ4v) is 2.46. The summed E-state index contributed by atoms with van der Waals surface area (Å²) in [5, 5.41) is 3.59. The van der Waals surface area contributed by atoms with Crippen LogP contribution >= 0.6 is 15.9 Å². The van der Waals surface area contributed by atoms with E-state index in [9.17, 15) is 0 Å². The van der Waals surface area contributed by atoms with E-state index in [1.165, 1.54) is 22.0 Å². The second-order valence-corrected chi connectivity index (χ2v) is 5.73. The van der Waals surface area contributed by atoms with Crippen molar-refractivity contribution in [3.05, 3.63) is 33.8 Å². The Balaban J connectivity index is 1.86. The van der Waals surface area contributed by atoms with Crippen LogP contribution in [-0.4, -0.2) is 19.3 Å². The molecule has 0 aliphatic carbocycles. The van der Waals surface area contributed by atoms with Gasteiger partial charge in [-0.15, -0.1) is 0 Å². The van der Waals surface area contributed by atoms with Crippen molar-refractivity contribution in [1.82, 2.24) is 5.32 Å². The summed E-state index contributed by atoms with van der Waals surface area (Å²) in [6.45, 7) is 7.15. The zero-order valence-electron chi connectivity index (χ0n) is 10.5. The summed E-state index contributed by atoms with van der Waals surface area (Å²) in [5.74, 6) is 0.673. The second kappa shape index (κ2) is 5.98. The van der Waals surface area contributed by atoms with Gasteiger partial charge in [0.2, 0.25) is 0 Å². The van der Waals surface area contributed by atoms with Crippen LogP contribution in [0.15, 0.2) is 22.7 Å². The lowest BCUT2D eigenvalue weighted by Crippen LogP contribution is -2.33. The highest BCUT2D eigenvalue weighted by Crippen LogP contribution is 2.19. The van der Waals surface area contributed by atoms with Crippen molar-refractivity contribution in [2.45, 2.75) is 32.9 Å². The molecule has 0 amide bonds. The van der Waals surface area contributed by atoms with Crippen molar-refractivity contribution in [1.29, 1.82) is 0 Å². The van der Waals surface area contributed by atoms with Gasteiger partial charge in [0, 0.05) is 23.7 Å². The lowest BCUT2D eigenvalue weighted by molar-refractivity contribution is 0.178. The minimum atomic E-state index is 0.529. The summed E-state index contributed by atoms with van der Waals surface area (Å²) < 4.78 is 6.60. The number of ether oxygens (including phenoxy) is 1. The van der Waals surface area contributed by atoms with Crippen molar-refractivity contribution in [2.75, 3.05) is 13.2 Å². The largest absolute Gasteiger partial charge is 0.381 e. The highest BCUT2D eigenvalue weighted by Gasteiger charge is 2.21. The molecule has 1 fully saturated rings. The summed E-state index contributed by atoms with van der Waals surface area (Å²) >= 11 is 3.53. The monoisotopic (exact) mass is 297 g/mol. The smallest absolute Gasteiger partial charge is 0.0509 e. The first-order valence-corrected chi connectivity index (χ1v) is 7.02. The first-order valence-electron chi connectivity index (χ1n) is 6.23. The Bertz CT molecular complexity index is 374. The molecular formula is C14H20BrNO. The van der Waals surface area contributed by atoms with Crippen molar-refractivity contribution in [3.8, 4) is 0 Å². The van der Waals surface area contributed by atoms with E-state index in [2.05, 4.69) is 53.3 Å². The topological polar surface area (TPSA) is 21.3 Å². The van der Waals surface area contributed by atoms with E-state index in [1.807, 2.05) is 0 Å². The van der Waals surface area contributed by atoms with Gasteiger partial charge in [-0.2, -0.15) is 0 Å². The van der Waals surface area contributed by atoms with Gasteiger partial charge >= 0.3 is 0 Å². The SMILES string of the molecule is Cc1cc(CNC(C)C2CCOC2)ccc1Br. The van der Waals surface area contributed by atoms with Crippen molar-refractivity contribution < 1.29 is 4.74 Å². The summed E-state index contributed by atoms with van der Waals surface area (Å²) in [4.78, 5) is 0. The molecule has 0 spiro atoms. The van der Waals surface area contributed by atoms with Gasteiger partial charge in [-0.25, -0.2) is 0 Å². The molecule has 0 bridgehead atoms. The maximum absolute atomic E-state index is 5.42. The van der Waals surface area contributed by atoms with Gasteiger partial charge in [-0.3, -0.25) is 0 Å². The molecule has 1 aliphatic rings. The molecule has 1 aliphatic heterocycles. The molecule has 1 aromatic carbocycles. The van der Waals surface area contributed by atoms with Gasteiger partial charge in [-0.05, 0) is 43.4 Å². The fourth-order valence-electron chi connectivity index (χ4n) is 2.21. The zero-order chi connectivity index (χ0) is 12.3. The van der Waals surface area contributed by atoms with Crippen LogP contribution < -0.4 is 5.32 Å². The number of benzene rings is 1. The lowest BCUT2D eigenvalue weighted by Gasteiger charge is -2.19. The molecule has 1 heterocycles. The standard InChI is InChI=1S/C14H20BrNO/c1-10-7-12(3-4-14(10)15)8-16-11(2)13-5-6-17-9-13/h3-4,7,11,13,16H,5-6,8-9H2,1-2H3. The van der Waals surface area contributed by atoms with Crippen molar-refractivity contribution in [2.24, 2.45) is 5.92 Å². The minimum absolute atomic E-state index is 0.529. The highest BCUT2D eigenvalue weighted by molar-refractivity contribution is 9.10. The quantitative estimate of drug-likeness (QED) is 0.921. The van der Waals surface area contributed by atoms with E-state index in [0.717, 1.165) is 19.8 Å². The number of nitrogens with one attached hydrogen (secondary N) is 1. The van der Waals surface area contributed by atoms with E-state index >= 15 is 0 Å². The van der Waals surface area contributed by atoms with Crippen molar-refractivity contribution in [3.63, 3.8) is 0 Å². The van der Waals surface area contributed by atoms with E-state index in [1.54, 1.807) is 0 Å². The first kappa shape index (κ1) is 13.1. The molecule has 1 N–H and O–H groups in total. The molecule has 2 rings (SSSR count). The van der Waals surface area contributed by atoms with E-state index in [4.69, 9.17) is 4.74 Å². The van der Waals surface area contributed by atoms with Crippen LogP contribution in [0.2, 0.25) is 0 Å². The third-order valence-electron chi connectivity index (χ3n) is 3.52. The fraction of sp³-hybridized carbons (Fsp3) is 0.571. The Hall–Kier alpha value is -0.380. The van der Waals surface area contributed by atoms with Crippen LogP contribution in [0.25, 0.3) is 0 Å². The van der Waals surface area contributed by atoms with Crippen LogP contribution in [0.4, 0.5) is 0 Å². The average molecular weight is 298 g/mol. The van der Waals surface area contributed by atoms with Crippen LogP contribution in [0.3, 0.4) is 0 Å². The summed E-state index contributed by atoms with van der Waals surface area (Å²) in [5.41, 5.74) is 2.64. The maximum Gasteiger partial charge on any atom is 0.0509 e. The number of hydrogen-bond acceptors (Lipinski definition) is 2. The molecule has 2 nitrogen and oxygen atoms in total. The minimum Gasteiger partial charge on any atom is -0.381 e. The maximum atomic E-state index is 5.42. The third-order valence-corrected chi connectivity index (χ3v) is 4.41. The van der Waals surface area contributed by atoms with Crippen LogP contribution in [-0.2, 0) is 11.3 Å². The van der Waals surface area contributed by atoms with Crippen molar-refractivity contribution >= 4 is 15.9 Å². The lowest BCUT2D eigenvalue weighted by atomic mass is 10.0. The van der Waals surface area contributed by atoms with Gasteiger partial charge < -0.3 is 10.1 Å². The third kappa shape index (κ3) is 3.54. The Morgan fingerprint density at radius 3 is 3.00 bits per heavy atom. The summed E-state index contributed by atoms with van der Waals surface area (Å²) in [6, 6.07) is 7.05. The molecular weight excluding hydrogens is 278 g/mol. The second-order valence-electron chi connectivity index (χ2n) is 4.88. The van der Waals surface area contributed by atoms with Crippen LogP contribution in [0, 0.1) is 12.8 Å². The zero-order valence-corrected chi connectivity index (χ0v) is 12.1. The Morgan fingerprint density at radius 2 is 2.35 bits per heavy atom. The summed E-state index contributed by atoms with van der Waals surface area (Å²) in [7, 11) is 0. The number of halogens is 1. The molecule has 94 valence electrons. The number of rotatable bonds is 4. The van der Waals surface area contributed by atoms with Gasteiger partial charge in [-0.1, -0.05) is 28.1 Å². The Morgan fingerprint density at radius 1 is 1.53 bits per heavy atom. The predicted molar refractivity (Wildman–Crippen MR) is 74.1 cm³/mol. The van der Waals surface area contributed by atoms with Crippen LogP contribution in [0.1, 0.15) is 24.5 Å². The molecule has 17 heavy (non-hydrogen) atoms. The summed E-state index contributed by atoms with van der Waals surface area (Å²) in [6.07, 6.45) is 1.19. The van der Waals surface area contributed by atoms with E-state index in [0.29, 0.717) is 12.0 Å². The molecule has 0 radical (unpaired) electrons. The Labute approximate surface area is 112 Å². The predicted octanol–water partition coefficient (Wildman–Crippen LogP) is 3.27. The molecule has 2 atom stereocenters. The molecule has 3 heteroatoms. The van der Waals surface area contributed by atoms with Crippen LogP contribution in [0.5, 0.6) is 0 Å². The number of aryl methyl sites for hydroxylation is 1. The first-order chi connectivity index (χ1) is 8.16. The normalized spacial score (nSPS) is 21.7. The van der Waals surface area contributed by atoms with Gasteiger partial charge in [0.15, 0.2) is 0 Å². The molecule has 2 unspecified atom stereocenters. The molecule has 0 saturated carbocycles. The van der Waals surface area contributed by atoms with E-state index < -0.39 is 0 Å². The van der Waals surface area contributed by atoms with Gasteiger partial charge in [0.05, 0.1) is 6.61 Å². The van der Waals surface area contributed by atoms with E-state index in [-0.39, 0.29) is 0 Å². The Kier molecular flexibility index (Phi) is 4.60. The molecule has 0 aromatic heterocycles. The number of hydrogen-bond donors (Lipinski definition) is 1. The molecule has 1 saturated heterocycles. The average Bonchev–Trinajstić information content (AvgIpc) is 2.84. The van der Waals surface area contributed by atoms with Gasteiger partial charge in [0.25, 0.3) is 0 Å². The molecule has 1 aromatic rings.